The van der Waals surface area contributed by atoms with Crippen LogP contribution >= 0.6 is 0 Å². The molecule has 100 valence electrons. The molecule has 1 N–H and O–H groups in total. The predicted molar refractivity (Wildman–Crippen MR) is 91.2 cm³/mol. The maximum absolute atomic E-state index is 3.53. The van der Waals surface area contributed by atoms with Crippen molar-refractivity contribution in [2.24, 2.45) is 0 Å². The summed E-state index contributed by atoms with van der Waals surface area (Å²) in [4.78, 5) is 3.53. The van der Waals surface area contributed by atoms with Crippen LogP contribution in [0.25, 0.3) is 34.0 Å². The van der Waals surface area contributed by atoms with Gasteiger partial charge in [0, 0.05) is 16.3 Å². The first kappa shape index (κ1) is 12.0. The normalized spacial score (nSPS) is 11.6. The Hall–Kier alpha value is -2.80. The highest BCUT2D eigenvalue weighted by Gasteiger charge is 2.05. The number of nitrogens with one attached hydrogen (secondary N) is 1. The summed E-state index contributed by atoms with van der Waals surface area (Å²) in [6.07, 6.45) is 4.33. The van der Waals surface area contributed by atoms with Gasteiger partial charge in [0.1, 0.15) is 0 Å². The molecule has 4 rings (SSSR count). The van der Waals surface area contributed by atoms with Crippen LogP contribution in [-0.2, 0) is 0 Å². The zero-order valence-electron chi connectivity index (χ0n) is 11.6. The maximum Gasteiger partial charge on any atom is 0.0538 e. The van der Waals surface area contributed by atoms with Crippen LogP contribution in [-0.4, -0.2) is 4.98 Å². The molecule has 0 spiro atoms. The van der Waals surface area contributed by atoms with Gasteiger partial charge in [0.05, 0.1) is 5.52 Å². The minimum absolute atomic E-state index is 1.19. The smallest absolute Gasteiger partial charge is 0.0538 e. The van der Waals surface area contributed by atoms with Crippen LogP contribution in [0, 0.1) is 0 Å². The highest BCUT2D eigenvalue weighted by Crippen LogP contribution is 2.28. The Morgan fingerprint density at radius 1 is 0.619 bits per heavy atom. The average Bonchev–Trinajstić information content (AvgIpc) is 2.93. The lowest BCUT2D eigenvalue weighted by atomic mass is 10.1. The molecule has 0 fully saturated rings. The first-order chi connectivity index (χ1) is 10.4. The van der Waals surface area contributed by atoms with Crippen LogP contribution in [0.2, 0.25) is 0 Å². The van der Waals surface area contributed by atoms with Gasteiger partial charge in [0.2, 0.25) is 0 Å². The second kappa shape index (κ2) is 4.95. The number of aromatic nitrogens is 1. The minimum atomic E-state index is 1.19. The van der Waals surface area contributed by atoms with Crippen molar-refractivity contribution < 1.29 is 0 Å². The Bertz CT molecular complexity index is 930. The fraction of sp³-hybridized carbons (Fsp3) is 0. The van der Waals surface area contributed by atoms with E-state index in [1.807, 2.05) is 6.07 Å². The monoisotopic (exact) mass is 269 g/mol. The predicted octanol–water partition coefficient (Wildman–Crippen LogP) is 5.49. The summed E-state index contributed by atoms with van der Waals surface area (Å²) < 4.78 is 0. The average molecular weight is 269 g/mol. The number of hydrogen-bond donors (Lipinski definition) is 1. The van der Waals surface area contributed by atoms with Crippen LogP contribution in [0.1, 0.15) is 11.1 Å². The maximum atomic E-state index is 3.53. The molecule has 0 aliphatic carbocycles. The molecule has 0 aliphatic heterocycles. The lowest BCUT2D eigenvalue weighted by Gasteiger charge is -1.97. The zero-order chi connectivity index (χ0) is 14.1. The third kappa shape index (κ3) is 2.13. The van der Waals surface area contributed by atoms with Crippen molar-refractivity contribution in [3.8, 4) is 0 Å². The van der Waals surface area contributed by atoms with E-state index in [1.54, 1.807) is 0 Å². The van der Waals surface area contributed by atoms with Crippen molar-refractivity contribution in [2.75, 3.05) is 0 Å². The van der Waals surface area contributed by atoms with E-state index < -0.39 is 0 Å². The summed E-state index contributed by atoms with van der Waals surface area (Å²) in [7, 11) is 0. The van der Waals surface area contributed by atoms with E-state index in [0.29, 0.717) is 0 Å². The van der Waals surface area contributed by atoms with Crippen molar-refractivity contribution in [1.82, 2.24) is 4.98 Å². The van der Waals surface area contributed by atoms with Crippen molar-refractivity contribution >= 4 is 34.0 Å². The molecular formula is C20H15N. The number of rotatable bonds is 2. The molecule has 0 saturated heterocycles. The molecule has 1 heteroatoms. The lowest BCUT2D eigenvalue weighted by molar-refractivity contribution is 1.53. The quantitative estimate of drug-likeness (QED) is 0.463. The topological polar surface area (TPSA) is 15.8 Å². The van der Waals surface area contributed by atoms with E-state index in [4.69, 9.17) is 0 Å². The van der Waals surface area contributed by atoms with Gasteiger partial charge in [-0.25, -0.2) is 0 Å². The summed E-state index contributed by atoms with van der Waals surface area (Å²) in [6, 6.07) is 25.3. The third-order valence-electron chi connectivity index (χ3n) is 3.83. The van der Waals surface area contributed by atoms with E-state index >= 15 is 0 Å². The van der Waals surface area contributed by atoms with Crippen LogP contribution in [0.3, 0.4) is 0 Å². The van der Waals surface area contributed by atoms with Crippen molar-refractivity contribution in [3.63, 3.8) is 0 Å². The molecule has 0 unspecified atom stereocenters. The second-order valence-electron chi connectivity index (χ2n) is 5.18. The Morgan fingerprint density at radius 3 is 2.29 bits per heavy atom. The number of H-pyrrole nitrogens is 1. The number of fused-ring (bicyclic) bond motifs is 3. The zero-order valence-corrected chi connectivity index (χ0v) is 11.6. The van der Waals surface area contributed by atoms with Gasteiger partial charge in [-0.05, 0) is 17.2 Å². The van der Waals surface area contributed by atoms with Crippen LogP contribution in [0.5, 0.6) is 0 Å². The summed E-state index contributed by atoms with van der Waals surface area (Å²) in [6.45, 7) is 0. The number of para-hydroxylation sites is 2. The third-order valence-corrected chi connectivity index (χ3v) is 3.83. The molecule has 0 radical (unpaired) electrons. The number of aromatic amines is 1. The number of hydrogen-bond acceptors (Lipinski definition) is 0. The van der Waals surface area contributed by atoms with Crippen molar-refractivity contribution in [1.29, 1.82) is 0 Å². The molecule has 3 aromatic carbocycles. The highest BCUT2D eigenvalue weighted by molar-refractivity contribution is 6.09. The molecule has 0 saturated carbocycles. The largest absolute Gasteiger partial charge is 0.354 e. The molecule has 1 aromatic heterocycles. The molecule has 0 atom stereocenters. The van der Waals surface area contributed by atoms with E-state index in [2.05, 4.69) is 83.9 Å². The fourth-order valence-corrected chi connectivity index (χ4v) is 2.78. The first-order valence-corrected chi connectivity index (χ1v) is 7.14. The Kier molecular flexibility index (Phi) is 2.82. The standard InChI is InChI=1S/C20H15N/c1-2-7-15(8-3-1)13-14-16-9-6-11-18-17-10-4-5-12-19(17)21-20(16)18/h1-14,21H/b14-13+. The molecule has 4 aromatic rings. The molecule has 1 nitrogen and oxygen atoms in total. The van der Waals surface area contributed by atoms with Gasteiger partial charge >= 0.3 is 0 Å². The summed E-state index contributed by atoms with van der Waals surface area (Å²) >= 11 is 0. The van der Waals surface area contributed by atoms with Crippen LogP contribution < -0.4 is 0 Å². The molecule has 0 amide bonds. The van der Waals surface area contributed by atoms with E-state index in [-0.39, 0.29) is 0 Å². The Labute approximate surface area is 123 Å². The Balaban J connectivity index is 1.87. The van der Waals surface area contributed by atoms with Crippen LogP contribution in [0.4, 0.5) is 0 Å². The molecular weight excluding hydrogens is 254 g/mol. The molecule has 0 aliphatic rings. The summed E-state index contributed by atoms with van der Waals surface area (Å²) in [5.74, 6) is 0. The van der Waals surface area contributed by atoms with Crippen molar-refractivity contribution in [3.05, 3.63) is 83.9 Å². The summed E-state index contributed by atoms with van der Waals surface area (Å²) in [5, 5.41) is 2.56. The van der Waals surface area contributed by atoms with Gasteiger partial charge in [-0.15, -0.1) is 0 Å². The minimum Gasteiger partial charge on any atom is -0.354 e. The van der Waals surface area contributed by atoms with Crippen molar-refractivity contribution in [2.45, 2.75) is 0 Å². The SMILES string of the molecule is C(=C\c1cccc2c1[nH]c1ccccc12)/c1ccccc1. The van der Waals surface area contributed by atoms with Gasteiger partial charge in [0.15, 0.2) is 0 Å². The van der Waals surface area contributed by atoms with Gasteiger partial charge in [-0.1, -0.05) is 78.9 Å². The first-order valence-electron chi connectivity index (χ1n) is 7.14. The molecule has 0 bridgehead atoms. The van der Waals surface area contributed by atoms with E-state index in [9.17, 15) is 0 Å². The highest BCUT2D eigenvalue weighted by atomic mass is 14.7. The molecule has 21 heavy (non-hydrogen) atoms. The fourth-order valence-electron chi connectivity index (χ4n) is 2.78. The molecule has 1 heterocycles. The van der Waals surface area contributed by atoms with Gasteiger partial charge in [-0.3, -0.25) is 0 Å². The van der Waals surface area contributed by atoms with Gasteiger partial charge in [-0.2, -0.15) is 0 Å². The number of benzene rings is 3. The van der Waals surface area contributed by atoms with Gasteiger partial charge in [0.25, 0.3) is 0 Å². The Morgan fingerprint density at radius 2 is 1.38 bits per heavy atom. The van der Waals surface area contributed by atoms with E-state index in [0.717, 1.165) is 0 Å². The van der Waals surface area contributed by atoms with E-state index in [1.165, 1.54) is 32.9 Å². The van der Waals surface area contributed by atoms with Gasteiger partial charge < -0.3 is 4.98 Å². The second-order valence-corrected chi connectivity index (χ2v) is 5.18. The van der Waals surface area contributed by atoms with Crippen LogP contribution in [0.15, 0.2) is 72.8 Å². The lowest BCUT2D eigenvalue weighted by Crippen LogP contribution is -1.76. The summed E-state index contributed by atoms with van der Waals surface area (Å²) in [5.41, 5.74) is 4.82.